The van der Waals surface area contributed by atoms with Crippen LogP contribution in [0.1, 0.15) is 18.4 Å². The molecule has 1 fully saturated rings. The summed E-state index contributed by atoms with van der Waals surface area (Å²) in [7, 11) is -2.86. The number of hydrogen-bond acceptors (Lipinski definition) is 3. The van der Waals surface area contributed by atoms with Gasteiger partial charge in [0.2, 0.25) is 0 Å². The number of hydrogen-bond donors (Lipinski definition) is 1. The molecule has 1 unspecified atom stereocenters. The smallest absolute Gasteiger partial charge is 0.154 e. The van der Waals surface area contributed by atoms with E-state index in [0.29, 0.717) is 23.9 Å². The molecule has 6 heteroatoms. The third-order valence-electron chi connectivity index (χ3n) is 3.16. The van der Waals surface area contributed by atoms with Crippen molar-refractivity contribution in [1.82, 2.24) is 5.32 Å². The zero-order valence-corrected chi connectivity index (χ0v) is 13.0. The summed E-state index contributed by atoms with van der Waals surface area (Å²) in [6, 6.07) is 5.65. The molecule has 2 rings (SSSR count). The first-order valence-electron chi connectivity index (χ1n) is 5.85. The maximum atomic E-state index is 11.7. The minimum Gasteiger partial charge on any atom is -0.311 e. The molecule has 1 aromatic rings. The van der Waals surface area contributed by atoms with Crippen LogP contribution in [0.5, 0.6) is 0 Å². The normalized spacial score (nSPS) is 22.2. The van der Waals surface area contributed by atoms with Gasteiger partial charge in [0.25, 0.3) is 0 Å². The standard InChI is InChI=1S/C12H15BrClNO2S/c13-10-3-4-12(14)9(6-10)7-15-8-11-2-1-5-18(11,16)17/h3-4,6,11,15H,1-2,5,7-8H2. The Kier molecular flexibility index (Phi) is 4.69. The van der Waals surface area contributed by atoms with Crippen molar-refractivity contribution >= 4 is 37.4 Å². The molecule has 3 nitrogen and oxygen atoms in total. The van der Waals surface area contributed by atoms with Crippen LogP contribution in [0.15, 0.2) is 22.7 Å². The van der Waals surface area contributed by atoms with Gasteiger partial charge in [0, 0.05) is 22.6 Å². The summed E-state index contributed by atoms with van der Waals surface area (Å²) in [4.78, 5) is 0. The van der Waals surface area contributed by atoms with Gasteiger partial charge in [-0.15, -0.1) is 0 Å². The van der Waals surface area contributed by atoms with Gasteiger partial charge in [-0.1, -0.05) is 27.5 Å². The summed E-state index contributed by atoms with van der Waals surface area (Å²) in [5.74, 6) is 0.330. The molecule has 1 aromatic carbocycles. The van der Waals surface area contributed by atoms with Gasteiger partial charge in [0.15, 0.2) is 9.84 Å². The average Bonchev–Trinajstić information content (AvgIpc) is 2.63. The summed E-state index contributed by atoms with van der Waals surface area (Å²) in [6.07, 6.45) is 1.55. The third kappa shape index (κ3) is 3.47. The first-order valence-corrected chi connectivity index (χ1v) is 8.74. The van der Waals surface area contributed by atoms with Crippen LogP contribution in [0, 0.1) is 0 Å². The zero-order valence-electron chi connectivity index (χ0n) is 9.83. The van der Waals surface area contributed by atoms with Gasteiger partial charge in [-0.2, -0.15) is 0 Å². The molecule has 0 aliphatic carbocycles. The Bertz CT molecular complexity index is 533. The predicted molar refractivity (Wildman–Crippen MR) is 77.7 cm³/mol. The first-order chi connectivity index (χ1) is 8.49. The predicted octanol–water partition coefficient (Wildman–Crippen LogP) is 2.77. The molecule has 0 saturated carbocycles. The van der Waals surface area contributed by atoms with Crippen LogP contribution < -0.4 is 5.32 Å². The van der Waals surface area contributed by atoms with Gasteiger partial charge in [0.05, 0.1) is 11.0 Å². The Hall–Kier alpha value is -0.100. The molecule has 0 radical (unpaired) electrons. The molecule has 1 N–H and O–H groups in total. The van der Waals surface area contributed by atoms with Crippen LogP contribution >= 0.6 is 27.5 Å². The fraction of sp³-hybridized carbons (Fsp3) is 0.500. The van der Waals surface area contributed by atoms with E-state index >= 15 is 0 Å². The maximum Gasteiger partial charge on any atom is 0.154 e. The molecule has 0 amide bonds. The number of halogens is 2. The van der Waals surface area contributed by atoms with Gasteiger partial charge < -0.3 is 5.32 Å². The largest absolute Gasteiger partial charge is 0.311 e. The lowest BCUT2D eigenvalue weighted by atomic mass is 10.2. The van der Waals surface area contributed by atoms with Gasteiger partial charge in [-0.25, -0.2) is 8.42 Å². The lowest BCUT2D eigenvalue weighted by Crippen LogP contribution is -2.30. The van der Waals surface area contributed by atoms with Crippen molar-refractivity contribution in [2.24, 2.45) is 0 Å². The molecule has 18 heavy (non-hydrogen) atoms. The maximum absolute atomic E-state index is 11.7. The lowest BCUT2D eigenvalue weighted by molar-refractivity contribution is 0.574. The molecule has 1 aliphatic rings. The van der Waals surface area contributed by atoms with E-state index in [2.05, 4.69) is 21.2 Å². The van der Waals surface area contributed by atoms with Crippen LogP contribution in [0.3, 0.4) is 0 Å². The number of benzene rings is 1. The molecule has 1 saturated heterocycles. The highest BCUT2D eigenvalue weighted by Gasteiger charge is 2.30. The Morgan fingerprint density at radius 1 is 1.44 bits per heavy atom. The second kappa shape index (κ2) is 5.90. The molecule has 0 aromatic heterocycles. The van der Waals surface area contributed by atoms with E-state index in [0.717, 1.165) is 22.9 Å². The number of sulfone groups is 1. The van der Waals surface area contributed by atoms with Crippen molar-refractivity contribution in [3.05, 3.63) is 33.3 Å². The van der Waals surface area contributed by atoms with Crippen molar-refractivity contribution in [1.29, 1.82) is 0 Å². The van der Waals surface area contributed by atoms with Crippen LogP contribution in [0.2, 0.25) is 5.02 Å². The Labute approximate surface area is 121 Å². The molecular weight excluding hydrogens is 338 g/mol. The van der Waals surface area contributed by atoms with Crippen molar-refractivity contribution in [2.75, 3.05) is 12.3 Å². The highest BCUT2D eigenvalue weighted by atomic mass is 79.9. The average molecular weight is 353 g/mol. The van der Waals surface area contributed by atoms with E-state index in [1.807, 2.05) is 18.2 Å². The van der Waals surface area contributed by atoms with Gasteiger partial charge in [0.1, 0.15) is 0 Å². The van der Waals surface area contributed by atoms with Crippen molar-refractivity contribution in [3.63, 3.8) is 0 Å². The highest BCUT2D eigenvalue weighted by Crippen LogP contribution is 2.22. The molecular formula is C12H15BrClNO2S. The fourth-order valence-corrected chi connectivity index (χ4v) is 4.53. The third-order valence-corrected chi connectivity index (χ3v) is 6.30. The molecule has 1 heterocycles. The van der Waals surface area contributed by atoms with Crippen LogP contribution in [0.25, 0.3) is 0 Å². The van der Waals surface area contributed by atoms with Gasteiger partial charge in [-0.05, 0) is 36.6 Å². The summed E-state index contributed by atoms with van der Waals surface area (Å²) in [5.41, 5.74) is 0.974. The van der Waals surface area contributed by atoms with E-state index in [-0.39, 0.29) is 5.25 Å². The molecule has 100 valence electrons. The minimum absolute atomic E-state index is 0.233. The van der Waals surface area contributed by atoms with Crippen molar-refractivity contribution in [2.45, 2.75) is 24.6 Å². The SMILES string of the molecule is O=S1(=O)CCCC1CNCc1cc(Br)ccc1Cl. The van der Waals surface area contributed by atoms with E-state index in [9.17, 15) is 8.42 Å². The highest BCUT2D eigenvalue weighted by molar-refractivity contribution is 9.10. The fourth-order valence-electron chi connectivity index (χ4n) is 2.13. The van der Waals surface area contributed by atoms with Crippen molar-refractivity contribution < 1.29 is 8.42 Å². The van der Waals surface area contributed by atoms with E-state index in [1.165, 1.54) is 0 Å². The Morgan fingerprint density at radius 2 is 2.22 bits per heavy atom. The Balaban J connectivity index is 1.91. The minimum atomic E-state index is -2.86. The van der Waals surface area contributed by atoms with Crippen LogP contribution in [0.4, 0.5) is 0 Å². The lowest BCUT2D eigenvalue weighted by Gasteiger charge is -2.11. The Morgan fingerprint density at radius 3 is 2.89 bits per heavy atom. The topological polar surface area (TPSA) is 46.2 Å². The number of rotatable bonds is 4. The monoisotopic (exact) mass is 351 g/mol. The quantitative estimate of drug-likeness (QED) is 0.906. The molecule has 0 spiro atoms. The van der Waals surface area contributed by atoms with E-state index in [4.69, 9.17) is 11.6 Å². The van der Waals surface area contributed by atoms with Crippen molar-refractivity contribution in [3.8, 4) is 0 Å². The molecule has 0 bridgehead atoms. The second-order valence-electron chi connectivity index (χ2n) is 4.50. The van der Waals surface area contributed by atoms with Crippen LogP contribution in [-0.4, -0.2) is 26.0 Å². The summed E-state index contributed by atoms with van der Waals surface area (Å²) >= 11 is 9.46. The molecule has 1 atom stereocenters. The first kappa shape index (κ1) is 14.3. The summed E-state index contributed by atoms with van der Waals surface area (Å²) in [6.45, 7) is 1.09. The van der Waals surface area contributed by atoms with Crippen LogP contribution in [-0.2, 0) is 16.4 Å². The van der Waals surface area contributed by atoms with Gasteiger partial charge >= 0.3 is 0 Å². The van der Waals surface area contributed by atoms with E-state index in [1.54, 1.807) is 0 Å². The van der Waals surface area contributed by atoms with E-state index < -0.39 is 9.84 Å². The second-order valence-corrected chi connectivity index (χ2v) is 8.22. The van der Waals surface area contributed by atoms with Gasteiger partial charge in [-0.3, -0.25) is 0 Å². The zero-order chi connectivity index (χ0) is 13.2. The molecule has 1 aliphatic heterocycles. The number of nitrogens with one attached hydrogen (secondary N) is 1. The summed E-state index contributed by atoms with van der Waals surface area (Å²) < 4.78 is 24.3. The summed E-state index contributed by atoms with van der Waals surface area (Å²) in [5, 5.41) is 3.64.